The van der Waals surface area contributed by atoms with Gasteiger partial charge in [-0.3, -0.25) is 9.59 Å². The van der Waals surface area contributed by atoms with E-state index in [1.807, 2.05) is 6.92 Å². The van der Waals surface area contributed by atoms with Gasteiger partial charge in [0.2, 0.25) is 11.8 Å². The van der Waals surface area contributed by atoms with Gasteiger partial charge in [-0.25, -0.2) is 5.43 Å². The molecule has 0 heterocycles. The Morgan fingerprint density at radius 1 is 1.16 bits per heavy atom. The molecular weight excluding hydrogens is 495 g/mol. The molecule has 0 bridgehead atoms. The van der Waals surface area contributed by atoms with Crippen molar-refractivity contribution in [2.75, 3.05) is 19.0 Å². The largest absolute Gasteiger partial charge is 0.493 e. The Hall–Kier alpha value is -3.08. The first kappa shape index (κ1) is 25.2. The Morgan fingerprint density at radius 2 is 1.88 bits per heavy atom. The van der Waals surface area contributed by atoms with Crippen molar-refractivity contribution < 1.29 is 32.2 Å². The highest BCUT2D eigenvalue weighted by atomic mass is 79.9. The lowest BCUT2D eigenvalue weighted by molar-refractivity contribution is -0.137. The van der Waals surface area contributed by atoms with Gasteiger partial charge in [0.1, 0.15) is 0 Å². The molecule has 0 atom stereocenters. The molecule has 2 N–H and O–H groups in total. The van der Waals surface area contributed by atoms with Gasteiger partial charge in [-0.2, -0.15) is 18.3 Å². The molecule has 7 nitrogen and oxygen atoms in total. The number of hydrogen-bond acceptors (Lipinski definition) is 5. The first-order valence-electron chi connectivity index (χ1n) is 9.43. The van der Waals surface area contributed by atoms with Crippen molar-refractivity contribution in [2.24, 2.45) is 5.10 Å². The van der Waals surface area contributed by atoms with Crippen LogP contribution in [-0.2, 0) is 15.8 Å². The highest BCUT2D eigenvalue weighted by molar-refractivity contribution is 9.10. The van der Waals surface area contributed by atoms with Crippen molar-refractivity contribution in [3.63, 3.8) is 0 Å². The van der Waals surface area contributed by atoms with E-state index in [2.05, 4.69) is 31.8 Å². The fourth-order valence-electron chi connectivity index (χ4n) is 2.56. The maximum Gasteiger partial charge on any atom is 0.416 e. The minimum Gasteiger partial charge on any atom is -0.493 e. The minimum atomic E-state index is -4.51. The molecule has 2 aromatic carbocycles. The van der Waals surface area contributed by atoms with E-state index < -0.39 is 23.6 Å². The Morgan fingerprint density at radius 3 is 2.53 bits per heavy atom. The summed E-state index contributed by atoms with van der Waals surface area (Å²) in [5.41, 5.74) is 2.04. The van der Waals surface area contributed by atoms with Gasteiger partial charge in [-0.1, -0.05) is 6.07 Å². The molecule has 0 saturated heterocycles. The predicted octanol–water partition coefficient (Wildman–Crippen LogP) is 4.74. The molecule has 2 aromatic rings. The summed E-state index contributed by atoms with van der Waals surface area (Å²) in [5.74, 6) is -0.0933. The summed E-state index contributed by atoms with van der Waals surface area (Å²) < 4.78 is 49.6. The second kappa shape index (κ2) is 11.5. The number of carbonyl (C=O) groups excluding carboxylic acids is 2. The number of nitrogens with zero attached hydrogens (tertiary/aromatic N) is 1. The van der Waals surface area contributed by atoms with Crippen LogP contribution >= 0.6 is 15.9 Å². The van der Waals surface area contributed by atoms with Crippen molar-refractivity contribution in [3.05, 3.63) is 52.0 Å². The average molecular weight is 516 g/mol. The number of amides is 2. The molecule has 2 rings (SSSR count). The third-order valence-electron chi connectivity index (χ3n) is 4.00. The van der Waals surface area contributed by atoms with Crippen molar-refractivity contribution in [3.8, 4) is 11.5 Å². The molecule has 0 aliphatic heterocycles. The first-order valence-corrected chi connectivity index (χ1v) is 10.2. The molecule has 0 spiro atoms. The van der Waals surface area contributed by atoms with Gasteiger partial charge in [0.05, 0.1) is 30.0 Å². The number of rotatable bonds is 9. The molecule has 0 aliphatic rings. The molecule has 2 amide bonds. The van der Waals surface area contributed by atoms with Crippen LogP contribution in [0.5, 0.6) is 11.5 Å². The SMILES string of the molecule is CCOc1c(Br)cc(C=NNC(=O)CCC(=O)Nc2cccc(C(F)(F)F)c2)cc1OC. The summed E-state index contributed by atoms with van der Waals surface area (Å²) in [4.78, 5) is 23.8. The summed E-state index contributed by atoms with van der Waals surface area (Å²) in [7, 11) is 1.50. The maximum absolute atomic E-state index is 12.7. The second-order valence-corrected chi connectivity index (χ2v) is 7.24. The van der Waals surface area contributed by atoms with E-state index in [0.29, 0.717) is 28.1 Å². The third kappa shape index (κ3) is 7.56. The topological polar surface area (TPSA) is 89.0 Å². The van der Waals surface area contributed by atoms with E-state index in [-0.39, 0.29) is 18.5 Å². The Kier molecular flexibility index (Phi) is 9.06. The quantitative estimate of drug-likeness (QED) is 0.372. The number of anilines is 1. The van der Waals surface area contributed by atoms with Gasteiger partial charge in [-0.15, -0.1) is 0 Å². The number of hydrazone groups is 1. The number of ether oxygens (including phenoxy) is 2. The molecule has 0 unspecified atom stereocenters. The van der Waals surface area contributed by atoms with Crippen LogP contribution < -0.4 is 20.2 Å². The van der Waals surface area contributed by atoms with E-state index in [1.54, 1.807) is 12.1 Å². The summed E-state index contributed by atoms with van der Waals surface area (Å²) >= 11 is 3.38. The van der Waals surface area contributed by atoms with Crippen molar-refractivity contribution in [1.82, 2.24) is 5.43 Å². The molecule has 11 heteroatoms. The number of nitrogens with one attached hydrogen (secondary N) is 2. The Bertz CT molecular complexity index is 997. The van der Waals surface area contributed by atoms with E-state index in [1.165, 1.54) is 25.5 Å². The fourth-order valence-corrected chi connectivity index (χ4v) is 3.13. The highest BCUT2D eigenvalue weighted by Crippen LogP contribution is 2.36. The van der Waals surface area contributed by atoms with Gasteiger partial charge in [0, 0.05) is 18.5 Å². The van der Waals surface area contributed by atoms with Gasteiger partial charge in [0.15, 0.2) is 11.5 Å². The predicted molar refractivity (Wildman–Crippen MR) is 117 cm³/mol. The molecule has 32 heavy (non-hydrogen) atoms. The average Bonchev–Trinajstić information content (AvgIpc) is 2.73. The third-order valence-corrected chi connectivity index (χ3v) is 4.59. The number of carbonyl (C=O) groups is 2. The molecule has 172 valence electrons. The Labute approximate surface area is 191 Å². The van der Waals surface area contributed by atoms with Crippen LogP contribution in [0.4, 0.5) is 18.9 Å². The molecule has 0 saturated carbocycles. The van der Waals surface area contributed by atoms with E-state index in [0.717, 1.165) is 12.1 Å². The zero-order chi connectivity index (χ0) is 23.7. The zero-order valence-electron chi connectivity index (χ0n) is 17.3. The van der Waals surface area contributed by atoms with Crippen LogP contribution in [-0.4, -0.2) is 31.7 Å². The standard InChI is InChI=1S/C21H21BrF3N3O4/c1-3-32-20-16(22)9-13(10-17(20)31-2)12-26-28-19(30)8-7-18(29)27-15-6-4-5-14(11-15)21(23,24)25/h4-6,9-12H,3,7-8H2,1-2H3,(H,27,29)(H,28,30). The Balaban J connectivity index is 1.86. The van der Waals surface area contributed by atoms with Crippen molar-refractivity contribution >= 4 is 39.6 Å². The summed E-state index contributed by atoms with van der Waals surface area (Å²) in [6, 6.07) is 7.65. The summed E-state index contributed by atoms with van der Waals surface area (Å²) in [6.45, 7) is 2.30. The zero-order valence-corrected chi connectivity index (χ0v) is 18.8. The monoisotopic (exact) mass is 515 g/mol. The summed E-state index contributed by atoms with van der Waals surface area (Å²) in [6.07, 6.45) is -3.54. The number of alkyl halides is 3. The maximum atomic E-state index is 12.7. The normalized spacial score (nSPS) is 11.3. The van der Waals surface area contributed by atoms with Gasteiger partial charge >= 0.3 is 6.18 Å². The van der Waals surface area contributed by atoms with Crippen LogP contribution in [0.15, 0.2) is 46.0 Å². The lowest BCUT2D eigenvalue weighted by Crippen LogP contribution is -2.20. The van der Waals surface area contributed by atoms with E-state index >= 15 is 0 Å². The van der Waals surface area contributed by atoms with Crippen molar-refractivity contribution in [1.29, 1.82) is 0 Å². The number of halogens is 4. The smallest absolute Gasteiger partial charge is 0.416 e. The molecule has 0 radical (unpaired) electrons. The molecular formula is C21H21BrF3N3O4. The van der Waals surface area contributed by atoms with Crippen LogP contribution in [0.1, 0.15) is 30.9 Å². The fraction of sp³-hybridized carbons (Fsp3) is 0.286. The van der Waals surface area contributed by atoms with Crippen molar-refractivity contribution in [2.45, 2.75) is 25.9 Å². The minimum absolute atomic E-state index is 0.00159. The van der Waals surface area contributed by atoms with Crippen LogP contribution in [0.25, 0.3) is 0 Å². The van der Waals surface area contributed by atoms with Gasteiger partial charge < -0.3 is 14.8 Å². The van der Waals surface area contributed by atoms with Gasteiger partial charge in [0.25, 0.3) is 0 Å². The van der Waals surface area contributed by atoms with E-state index in [9.17, 15) is 22.8 Å². The van der Waals surface area contributed by atoms with Gasteiger partial charge in [-0.05, 0) is 58.7 Å². The number of hydrogen-bond donors (Lipinski definition) is 2. The first-order chi connectivity index (χ1) is 15.1. The second-order valence-electron chi connectivity index (χ2n) is 6.39. The van der Waals surface area contributed by atoms with E-state index in [4.69, 9.17) is 9.47 Å². The van der Waals surface area contributed by atoms with Crippen LogP contribution in [0, 0.1) is 0 Å². The lowest BCUT2D eigenvalue weighted by Gasteiger charge is -2.12. The number of methoxy groups -OCH3 is 1. The molecule has 0 fully saturated rings. The highest BCUT2D eigenvalue weighted by Gasteiger charge is 2.30. The molecule has 0 aromatic heterocycles. The summed E-state index contributed by atoms with van der Waals surface area (Å²) in [5, 5.41) is 6.17. The lowest BCUT2D eigenvalue weighted by atomic mass is 10.2. The molecule has 0 aliphatic carbocycles. The van der Waals surface area contributed by atoms with Crippen LogP contribution in [0.2, 0.25) is 0 Å². The van der Waals surface area contributed by atoms with Crippen LogP contribution in [0.3, 0.4) is 0 Å². The number of benzene rings is 2.